The first kappa shape index (κ1) is 27.0. The third kappa shape index (κ3) is 4.74. The number of rotatable bonds is 4. The maximum atomic E-state index is 6.24. The van der Waals surface area contributed by atoms with Gasteiger partial charge >= 0.3 is 0 Å². The maximum Gasteiger partial charge on any atom is 0.135 e. The smallest absolute Gasteiger partial charge is 0.135 e. The van der Waals surface area contributed by atoms with Crippen molar-refractivity contribution in [3.05, 3.63) is 110 Å². The summed E-state index contributed by atoms with van der Waals surface area (Å²) in [5, 5.41) is 2.21. The average molecular weight is 719 g/mol. The van der Waals surface area contributed by atoms with Crippen LogP contribution in [0.3, 0.4) is 0 Å². The van der Waals surface area contributed by atoms with E-state index in [-0.39, 0.29) is 26.5 Å². The molecule has 0 fully saturated rings. The first-order valence-electron chi connectivity index (χ1n) is 13.2. The van der Waals surface area contributed by atoms with Gasteiger partial charge in [0.25, 0.3) is 0 Å². The molecule has 0 amide bonds. The summed E-state index contributed by atoms with van der Waals surface area (Å²) in [5.41, 5.74) is 4.95. The Bertz CT molecular complexity index is 1890. The Kier molecular flexibility index (Phi) is 6.78. The van der Waals surface area contributed by atoms with Crippen molar-refractivity contribution in [1.29, 1.82) is 0 Å². The molecule has 0 saturated heterocycles. The van der Waals surface area contributed by atoms with Crippen LogP contribution < -0.4 is 14.5 Å². The Morgan fingerprint density at radius 3 is 2.51 bits per heavy atom. The second-order valence-electron chi connectivity index (χ2n) is 10.9. The van der Waals surface area contributed by atoms with Gasteiger partial charge in [-0.3, -0.25) is 4.98 Å². The minimum atomic E-state index is -0.000883. The molecule has 0 N–H and O–H groups in total. The molecule has 0 radical (unpaired) electrons. The first-order valence-corrected chi connectivity index (χ1v) is 13.2. The van der Waals surface area contributed by atoms with Gasteiger partial charge in [-0.05, 0) is 59.9 Å². The quantitative estimate of drug-likeness (QED) is 0.178. The van der Waals surface area contributed by atoms with Crippen LogP contribution >= 0.6 is 0 Å². The predicted molar refractivity (Wildman–Crippen MR) is 158 cm³/mol. The number of hydrogen-bond acceptors (Lipinski definition) is 6. The van der Waals surface area contributed by atoms with E-state index in [9.17, 15) is 0 Å². The van der Waals surface area contributed by atoms with Crippen molar-refractivity contribution in [3.8, 4) is 17.4 Å². The molecule has 0 bridgehead atoms. The Balaban J connectivity index is 0.00000302. The van der Waals surface area contributed by atoms with Crippen molar-refractivity contribution < 1.29 is 25.8 Å². The minimum Gasteiger partial charge on any atom is -0.502 e. The molecule has 0 saturated carbocycles. The van der Waals surface area contributed by atoms with Crippen molar-refractivity contribution in [2.24, 2.45) is 0 Å². The second kappa shape index (κ2) is 10.3. The van der Waals surface area contributed by atoms with Crippen LogP contribution in [0.1, 0.15) is 26.3 Å². The Morgan fingerprint density at radius 2 is 1.66 bits per heavy atom. The van der Waals surface area contributed by atoms with Crippen LogP contribution in [0, 0.1) is 18.8 Å². The number of nitrogens with zero attached hydrogens (tertiary/aromatic N) is 6. The zero-order valence-electron chi connectivity index (χ0n) is 23.1. The first-order chi connectivity index (χ1) is 19.4. The molecule has 1 aliphatic rings. The summed E-state index contributed by atoms with van der Waals surface area (Å²) >= 11 is 0. The third-order valence-electron chi connectivity index (χ3n) is 7.17. The number of pyridine rings is 3. The normalized spacial score (nSPS) is 13.0. The van der Waals surface area contributed by atoms with E-state index >= 15 is 0 Å². The molecule has 5 heterocycles. The van der Waals surface area contributed by atoms with Crippen LogP contribution in [0.2, 0.25) is 0 Å². The van der Waals surface area contributed by atoms with Crippen molar-refractivity contribution in [2.45, 2.75) is 26.2 Å². The zero-order valence-corrected chi connectivity index (χ0v) is 25.3. The molecule has 0 aliphatic carbocycles. The Hall–Kier alpha value is -4.22. The van der Waals surface area contributed by atoms with Gasteiger partial charge in [0.1, 0.15) is 17.5 Å². The molecule has 6 aromatic rings. The molecule has 2 aromatic carbocycles. The van der Waals surface area contributed by atoms with Gasteiger partial charge in [-0.1, -0.05) is 44.5 Å². The van der Waals surface area contributed by atoms with Gasteiger partial charge in [-0.15, -0.1) is 17.5 Å². The van der Waals surface area contributed by atoms with Crippen LogP contribution in [0.25, 0.3) is 27.6 Å². The van der Waals surface area contributed by atoms with E-state index < -0.39 is 0 Å². The maximum absolute atomic E-state index is 6.24. The van der Waals surface area contributed by atoms with E-state index in [0.29, 0.717) is 11.6 Å². The molecule has 7 nitrogen and oxygen atoms in total. The van der Waals surface area contributed by atoms with Crippen LogP contribution in [0.5, 0.6) is 11.6 Å². The molecule has 8 heteroatoms. The van der Waals surface area contributed by atoms with Gasteiger partial charge in [0.2, 0.25) is 0 Å². The van der Waals surface area contributed by atoms with E-state index in [2.05, 4.69) is 83.8 Å². The third-order valence-corrected chi connectivity index (χ3v) is 7.17. The van der Waals surface area contributed by atoms with Gasteiger partial charge in [-0.25, -0.2) is 9.97 Å². The Morgan fingerprint density at radius 1 is 0.829 bits per heavy atom. The van der Waals surface area contributed by atoms with Gasteiger partial charge in [-0.2, -0.15) is 30.6 Å². The van der Waals surface area contributed by atoms with Crippen LogP contribution in [0.4, 0.5) is 17.2 Å². The summed E-state index contributed by atoms with van der Waals surface area (Å²) in [5.74, 6) is 2.64. The number of ether oxygens (including phenoxy) is 1. The molecule has 41 heavy (non-hydrogen) atoms. The van der Waals surface area contributed by atoms with E-state index in [1.54, 1.807) is 12.4 Å². The predicted octanol–water partition coefficient (Wildman–Crippen LogP) is 7.36. The number of anilines is 3. The molecule has 0 spiro atoms. The second-order valence-corrected chi connectivity index (χ2v) is 10.9. The number of hydrogen-bond donors (Lipinski definition) is 0. The van der Waals surface area contributed by atoms with Crippen molar-refractivity contribution in [1.82, 2.24) is 19.5 Å². The standard InChI is InChI=1S/C33H27N6O.Pt/c1-33(2,3)22-13-16-34-30(18-22)39-27-9-6-5-8-25(27)26-12-11-24(20-29(26)39)40-31-19-23(14-17-35-31)38-21-37(4)32-28(38)10-7-15-36-32;/h5-18,21H,1-4H3;/q-3;. The van der Waals surface area contributed by atoms with E-state index in [4.69, 9.17) is 9.72 Å². The van der Waals surface area contributed by atoms with Crippen LogP contribution in [0.15, 0.2) is 85.3 Å². The van der Waals surface area contributed by atoms with Crippen LogP contribution in [-0.2, 0) is 26.5 Å². The fourth-order valence-corrected chi connectivity index (χ4v) is 5.16. The summed E-state index contributed by atoms with van der Waals surface area (Å²) in [6, 6.07) is 29.2. The fourth-order valence-electron chi connectivity index (χ4n) is 5.16. The van der Waals surface area contributed by atoms with Crippen LogP contribution in [-0.4, -0.2) is 26.6 Å². The average Bonchev–Trinajstić information content (AvgIpc) is 3.47. The number of benzene rings is 2. The van der Waals surface area contributed by atoms with Gasteiger partial charge < -0.3 is 19.1 Å². The van der Waals surface area contributed by atoms with Gasteiger partial charge in [0.15, 0.2) is 0 Å². The monoisotopic (exact) mass is 718 g/mol. The van der Waals surface area contributed by atoms with Crippen molar-refractivity contribution in [3.63, 3.8) is 0 Å². The van der Waals surface area contributed by atoms with Gasteiger partial charge in [0, 0.05) is 44.7 Å². The van der Waals surface area contributed by atoms with E-state index in [0.717, 1.165) is 44.8 Å². The van der Waals surface area contributed by atoms with Crippen molar-refractivity contribution >= 4 is 39.0 Å². The molecular formula is C33H27N6OPt-3. The van der Waals surface area contributed by atoms with E-state index in [1.807, 2.05) is 60.0 Å². The SMILES string of the molecule is CN1[CH-]N(c2[c-]c(Oc3[c-]c4c(cc3)c3ccccc3n4-c3cc(C(C)(C)C)ccn3)ncc2)c2cccnc21.[Pt]. The molecule has 0 atom stereocenters. The summed E-state index contributed by atoms with van der Waals surface area (Å²) in [6.45, 7) is 8.60. The minimum absolute atomic E-state index is 0. The summed E-state index contributed by atoms with van der Waals surface area (Å²) in [4.78, 5) is 17.7. The number of aromatic nitrogens is 4. The molecule has 4 aromatic heterocycles. The fraction of sp³-hybridized carbons (Fsp3) is 0.152. The summed E-state index contributed by atoms with van der Waals surface area (Å²) < 4.78 is 8.39. The van der Waals surface area contributed by atoms with Gasteiger partial charge in [0.05, 0.1) is 5.69 Å². The molecule has 208 valence electrons. The Labute approximate surface area is 253 Å². The summed E-state index contributed by atoms with van der Waals surface area (Å²) in [6.07, 6.45) is 5.39. The molecular weight excluding hydrogens is 691 g/mol. The summed E-state index contributed by atoms with van der Waals surface area (Å²) in [7, 11) is 1.97. The topological polar surface area (TPSA) is 59.3 Å². The molecule has 1 aliphatic heterocycles. The number of fused-ring (bicyclic) bond motifs is 4. The van der Waals surface area contributed by atoms with Crippen molar-refractivity contribution in [2.75, 3.05) is 16.8 Å². The molecule has 0 unspecified atom stereocenters. The largest absolute Gasteiger partial charge is 0.502 e. The van der Waals surface area contributed by atoms with E-state index in [1.165, 1.54) is 5.56 Å². The molecule has 7 rings (SSSR count). The zero-order chi connectivity index (χ0) is 27.4. The number of para-hydroxylation sites is 1.